The fourth-order valence-corrected chi connectivity index (χ4v) is 2.87. The molecule has 0 aliphatic carbocycles. The Bertz CT molecular complexity index is 465. The smallest absolute Gasteiger partial charge is 0.257 e. The second kappa shape index (κ2) is 6.48. The van der Waals surface area contributed by atoms with Gasteiger partial charge in [0.05, 0.1) is 5.56 Å². The Balaban J connectivity index is 2.21. The first-order valence-electron chi connectivity index (χ1n) is 6.54. The number of carbonyl (C=O) groups is 1. The zero-order valence-corrected chi connectivity index (χ0v) is 12.5. The molecular weight excluding hydrogens is 311 g/mol. The Morgan fingerprint density at radius 1 is 1.53 bits per heavy atom. The summed E-state index contributed by atoms with van der Waals surface area (Å²) in [6, 6.07) is 4.75. The van der Waals surface area contributed by atoms with E-state index in [4.69, 9.17) is 0 Å². The van der Waals surface area contributed by atoms with Crippen LogP contribution in [0, 0.1) is 5.82 Å². The highest BCUT2D eigenvalue weighted by Gasteiger charge is 2.28. The largest absolute Gasteiger partial charge is 0.334 e. The molecule has 1 saturated heterocycles. The summed E-state index contributed by atoms with van der Waals surface area (Å²) in [7, 11) is 1.87. The Hall–Kier alpha value is -0.940. The highest BCUT2D eigenvalue weighted by atomic mass is 79.9. The summed E-state index contributed by atoms with van der Waals surface area (Å²) in [5.74, 6) is -0.668. The minimum absolute atomic E-state index is 0.159. The maximum absolute atomic E-state index is 13.9. The summed E-state index contributed by atoms with van der Waals surface area (Å²) in [6.07, 6.45) is 3.09. The van der Waals surface area contributed by atoms with Gasteiger partial charge in [0.1, 0.15) is 5.82 Å². The maximum atomic E-state index is 13.9. The van der Waals surface area contributed by atoms with E-state index in [2.05, 4.69) is 21.2 Å². The summed E-state index contributed by atoms with van der Waals surface area (Å²) in [5, 5.41) is 3.10. The molecule has 1 amide bonds. The second-order valence-corrected chi connectivity index (χ2v) is 5.75. The van der Waals surface area contributed by atoms with E-state index in [0.29, 0.717) is 11.0 Å². The van der Waals surface area contributed by atoms with E-state index in [9.17, 15) is 9.18 Å². The number of benzene rings is 1. The maximum Gasteiger partial charge on any atom is 0.257 e. The molecule has 3 nitrogen and oxygen atoms in total. The van der Waals surface area contributed by atoms with E-state index >= 15 is 0 Å². The number of likely N-dealkylation sites (N-methyl/N-ethyl adjacent to an activating group) is 1. The van der Waals surface area contributed by atoms with Crippen LogP contribution in [-0.2, 0) is 0 Å². The van der Waals surface area contributed by atoms with Crippen LogP contribution >= 0.6 is 15.9 Å². The van der Waals surface area contributed by atoms with Crippen molar-refractivity contribution in [1.29, 1.82) is 0 Å². The number of nitrogens with zero attached hydrogens (tertiary/aromatic N) is 1. The van der Waals surface area contributed by atoms with Crippen molar-refractivity contribution in [2.24, 2.45) is 0 Å². The number of likely N-dealkylation sites (tertiary alicyclic amines) is 1. The summed E-state index contributed by atoms with van der Waals surface area (Å²) in [5.41, 5.74) is 0.159. The number of halogens is 2. The van der Waals surface area contributed by atoms with E-state index in [-0.39, 0.29) is 17.5 Å². The molecule has 104 valence electrons. The third kappa shape index (κ3) is 3.34. The summed E-state index contributed by atoms with van der Waals surface area (Å²) in [6.45, 7) is 1.46. The fraction of sp³-hybridized carbons (Fsp3) is 0.500. The zero-order valence-electron chi connectivity index (χ0n) is 11.0. The molecule has 1 fully saturated rings. The van der Waals surface area contributed by atoms with Gasteiger partial charge in [-0.15, -0.1) is 0 Å². The fourth-order valence-electron chi connectivity index (χ4n) is 2.53. The Kier molecular flexibility index (Phi) is 4.93. The van der Waals surface area contributed by atoms with Crippen molar-refractivity contribution in [3.8, 4) is 0 Å². The lowest BCUT2D eigenvalue weighted by molar-refractivity contribution is 0.0610. The van der Waals surface area contributed by atoms with Crippen molar-refractivity contribution in [2.45, 2.75) is 25.3 Å². The first-order valence-corrected chi connectivity index (χ1v) is 7.33. The molecule has 1 aliphatic rings. The van der Waals surface area contributed by atoms with Crippen LogP contribution in [0.2, 0.25) is 0 Å². The minimum Gasteiger partial charge on any atom is -0.334 e. The molecule has 1 heterocycles. The van der Waals surface area contributed by atoms with E-state index in [0.717, 1.165) is 25.8 Å². The standard InChI is InChI=1S/C14H18BrFN2O/c1-17-9-11-4-2-3-7-18(11)14(19)12-6-5-10(15)8-13(12)16/h5-6,8,11,17H,2-4,7,9H2,1H3. The number of rotatable bonds is 3. The minimum atomic E-state index is -0.465. The number of hydrogen-bond acceptors (Lipinski definition) is 2. The summed E-state index contributed by atoms with van der Waals surface area (Å²) in [4.78, 5) is 14.3. The molecule has 1 aromatic rings. The number of hydrogen-bond donors (Lipinski definition) is 1. The van der Waals surface area contributed by atoms with Gasteiger partial charge in [0.15, 0.2) is 0 Å². The van der Waals surface area contributed by atoms with Crippen molar-refractivity contribution in [3.63, 3.8) is 0 Å². The number of nitrogens with one attached hydrogen (secondary N) is 1. The van der Waals surface area contributed by atoms with Gasteiger partial charge in [-0.3, -0.25) is 4.79 Å². The molecule has 19 heavy (non-hydrogen) atoms. The van der Waals surface area contributed by atoms with Crippen molar-refractivity contribution < 1.29 is 9.18 Å². The number of carbonyl (C=O) groups excluding carboxylic acids is 1. The lowest BCUT2D eigenvalue weighted by Crippen LogP contribution is -2.48. The van der Waals surface area contributed by atoms with Gasteiger partial charge in [-0.25, -0.2) is 4.39 Å². The first-order chi connectivity index (χ1) is 9.13. The zero-order chi connectivity index (χ0) is 13.8. The molecule has 0 saturated carbocycles. The van der Waals surface area contributed by atoms with Crippen LogP contribution < -0.4 is 5.32 Å². The lowest BCUT2D eigenvalue weighted by atomic mass is 10.0. The van der Waals surface area contributed by atoms with Crippen LogP contribution in [-0.4, -0.2) is 37.0 Å². The molecule has 1 aliphatic heterocycles. The molecule has 1 N–H and O–H groups in total. The van der Waals surface area contributed by atoms with Crippen molar-refractivity contribution in [1.82, 2.24) is 10.2 Å². The van der Waals surface area contributed by atoms with Crippen LogP contribution in [0.5, 0.6) is 0 Å². The topological polar surface area (TPSA) is 32.3 Å². The highest BCUT2D eigenvalue weighted by molar-refractivity contribution is 9.10. The average molecular weight is 329 g/mol. The molecule has 1 aromatic carbocycles. The van der Waals surface area contributed by atoms with Gasteiger partial charge >= 0.3 is 0 Å². The summed E-state index contributed by atoms with van der Waals surface area (Å²) >= 11 is 3.20. The highest BCUT2D eigenvalue weighted by Crippen LogP contribution is 2.22. The number of amides is 1. The Morgan fingerprint density at radius 3 is 3.00 bits per heavy atom. The molecule has 1 unspecified atom stereocenters. The second-order valence-electron chi connectivity index (χ2n) is 4.83. The van der Waals surface area contributed by atoms with Gasteiger partial charge < -0.3 is 10.2 Å². The van der Waals surface area contributed by atoms with Crippen molar-refractivity contribution in [2.75, 3.05) is 20.1 Å². The molecule has 0 radical (unpaired) electrons. The molecule has 0 bridgehead atoms. The number of piperidine rings is 1. The van der Waals surface area contributed by atoms with Gasteiger partial charge in [-0.1, -0.05) is 15.9 Å². The summed E-state index contributed by atoms with van der Waals surface area (Å²) < 4.78 is 14.5. The first kappa shape index (κ1) is 14.5. The van der Waals surface area contributed by atoms with Crippen LogP contribution in [0.4, 0.5) is 4.39 Å². The van der Waals surface area contributed by atoms with E-state index < -0.39 is 5.82 Å². The molecule has 2 rings (SSSR count). The molecule has 0 aromatic heterocycles. The van der Waals surface area contributed by atoms with Crippen LogP contribution in [0.3, 0.4) is 0 Å². The van der Waals surface area contributed by atoms with Gasteiger partial charge in [0.25, 0.3) is 5.91 Å². The van der Waals surface area contributed by atoms with Crippen molar-refractivity contribution >= 4 is 21.8 Å². The predicted octanol–water partition coefficient (Wildman–Crippen LogP) is 2.80. The van der Waals surface area contributed by atoms with Gasteiger partial charge in [0, 0.05) is 23.6 Å². The van der Waals surface area contributed by atoms with Crippen molar-refractivity contribution in [3.05, 3.63) is 34.1 Å². The normalized spacial score (nSPS) is 19.5. The SMILES string of the molecule is CNCC1CCCCN1C(=O)c1ccc(Br)cc1F. The Labute approximate surface area is 121 Å². The monoisotopic (exact) mass is 328 g/mol. The van der Waals surface area contributed by atoms with E-state index in [1.165, 1.54) is 6.07 Å². The molecular formula is C14H18BrFN2O. The molecule has 5 heteroatoms. The third-order valence-corrected chi connectivity index (χ3v) is 3.98. The van der Waals surface area contributed by atoms with Crippen LogP contribution in [0.15, 0.2) is 22.7 Å². The van der Waals surface area contributed by atoms with Gasteiger partial charge in [-0.05, 0) is 44.5 Å². The van der Waals surface area contributed by atoms with Gasteiger partial charge in [0.2, 0.25) is 0 Å². The molecule has 0 spiro atoms. The van der Waals surface area contributed by atoms with E-state index in [1.54, 1.807) is 17.0 Å². The van der Waals surface area contributed by atoms with Crippen LogP contribution in [0.1, 0.15) is 29.6 Å². The predicted molar refractivity (Wildman–Crippen MR) is 76.7 cm³/mol. The van der Waals surface area contributed by atoms with Gasteiger partial charge in [-0.2, -0.15) is 0 Å². The quantitative estimate of drug-likeness (QED) is 0.925. The average Bonchev–Trinajstić information content (AvgIpc) is 2.39. The van der Waals surface area contributed by atoms with Crippen LogP contribution in [0.25, 0.3) is 0 Å². The molecule has 1 atom stereocenters. The van der Waals surface area contributed by atoms with E-state index in [1.807, 2.05) is 7.05 Å². The Morgan fingerprint density at radius 2 is 2.32 bits per heavy atom. The third-order valence-electron chi connectivity index (χ3n) is 3.49. The lowest BCUT2D eigenvalue weighted by Gasteiger charge is -2.35.